The summed E-state index contributed by atoms with van der Waals surface area (Å²) < 4.78 is 0. The van der Waals surface area contributed by atoms with Gasteiger partial charge in [0.15, 0.2) is 0 Å². The summed E-state index contributed by atoms with van der Waals surface area (Å²) in [4.78, 5) is 38.5. The Balaban J connectivity index is 1.68. The van der Waals surface area contributed by atoms with Crippen LogP contribution in [0.4, 0.5) is 11.4 Å². The lowest BCUT2D eigenvalue weighted by Gasteiger charge is -2.28. The van der Waals surface area contributed by atoms with E-state index in [4.69, 9.17) is 23.2 Å². The highest BCUT2D eigenvalue weighted by Crippen LogP contribution is 2.31. The number of nitro groups is 1. The Kier molecular flexibility index (Phi) is 9.06. The molecule has 2 N–H and O–H groups in total. The van der Waals surface area contributed by atoms with E-state index in [1.54, 1.807) is 26.0 Å². The standard InChI is InChI=1S/C24H27Cl2N5O4/c1-15(2)22(28-23(32)17-7-8-18(25)19(26)13-17)24(33)29-27-14-16-6-9-20(21(12-16)31(34)35)30-10-4-3-5-11-30/h6-9,12-15,22H,3-5,10-11H2,1-2H3,(H,28,32)(H,29,33). The second-order valence-corrected chi connectivity index (χ2v) is 9.43. The number of hydrogen-bond donors (Lipinski definition) is 2. The first-order chi connectivity index (χ1) is 16.7. The van der Waals surface area contributed by atoms with Gasteiger partial charge in [-0.2, -0.15) is 5.10 Å². The van der Waals surface area contributed by atoms with Gasteiger partial charge in [-0.3, -0.25) is 19.7 Å². The highest BCUT2D eigenvalue weighted by Gasteiger charge is 2.25. The molecule has 0 aromatic heterocycles. The van der Waals surface area contributed by atoms with Gasteiger partial charge in [0.25, 0.3) is 17.5 Å². The molecule has 0 radical (unpaired) electrons. The Hall–Kier alpha value is -3.17. The monoisotopic (exact) mass is 519 g/mol. The van der Waals surface area contributed by atoms with Crippen LogP contribution >= 0.6 is 23.2 Å². The molecule has 2 aromatic rings. The fraction of sp³-hybridized carbons (Fsp3) is 0.375. The molecule has 0 bridgehead atoms. The van der Waals surface area contributed by atoms with Crippen molar-refractivity contribution in [2.45, 2.75) is 39.2 Å². The van der Waals surface area contributed by atoms with Crippen molar-refractivity contribution in [3.8, 4) is 0 Å². The van der Waals surface area contributed by atoms with Crippen LogP contribution in [-0.4, -0.2) is 42.1 Å². The van der Waals surface area contributed by atoms with Crippen LogP contribution in [0.1, 0.15) is 49.0 Å². The number of piperidine rings is 1. The van der Waals surface area contributed by atoms with Crippen molar-refractivity contribution in [2.24, 2.45) is 11.0 Å². The van der Waals surface area contributed by atoms with Crippen molar-refractivity contribution >= 4 is 52.6 Å². The number of rotatable bonds is 8. The van der Waals surface area contributed by atoms with Gasteiger partial charge in [-0.05, 0) is 49.4 Å². The SMILES string of the molecule is CC(C)C(NC(=O)c1ccc(Cl)c(Cl)c1)C(=O)NN=Cc1ccc(N2CCCCC2)c([N+](=O)[O-])c1. The first-order valence-electron chi connectivity index (χ1n) is 11.3. The molecule has 1 fully saturated rings. The van der Waals surface area contributed by atoms with E-state index >= 15 is 0 Å². The van der Waals surface area contributed by atoms with Crippen LogP contribution in [0, 0.1) is 16.0 Å². The molecular weight excluding hydrogens is 493 g/mol. The minimum absolute atomic E-state index is 0.00359. The molecule has 1 aliphatic rings. The summed E-state index contributed by atoms with van der Waals surface area (Å²) in [6.07, 6.45) is 4.47. The number of nitrogens with zero attached hydrogens (tertiary/aromatic N) is 3. The van der Waals surface area contributed by atoms with Gasteiger partial charge in [-0.1, -0.05) is 43.1 Å². The molecule has 186 valence electrons. The van der Waals surface area contributed by atoms with Crippen LogP contribution in [0.25, 0.3) is 0 Å². The minimum atomic E-state index is -0.870. The number of anilines is 1. The summed E-state index contributed by atoms with van der Waals surface area (Å²) in [5.74, 6) is -1.24. The maximum atomic E-state index is 12.7. The molecule has 1 saturated heterocycles. The summed E-state index contributed by atoms with van der Waals surface area (Å²) in [5.41, 5.74) is 3.72. The largest absolute Gasteiger partial charge is 0.366 e. The second kappa shape index (κ2) is 12.0. The molecule has 0 aliphatic carbocycles. The summed E-state index contributed by atoms with van der Waals surface area (Å²) in [6, 6.07) is 8.43. The summed E-state index contributed by atoms with van der Waals surface area (Å²) in [5, 5.41) is 18.8. The van der Waals surface area contributed by atoms with Crippen molar-refractivity contribution < 1.29 is 14.5 Å². The van der Waals surface area contributed by atoms with Gasteiger partial charge in [0.2, 0.25) is 0 Å². The molecule has 2 aromatic carbocycles. The molecule has 11 heteroatoms. The van der Waals surface area contributed by atoms with Gasteiger partial charge in [-0.25, -0.2) is 5.43 Å². The third kappa shape index (κ3) is 6.93. The Morgan fingerprint density at radius 3 is 2.43 bits per heavy atom. The fourth-order valence-corrected chi connectivity index (χ4v) is 4.10. The van der Waals surface area contributed by atoms with Crippen LogP contribution in [0.3, 0.4) is 0 Å². The van der Waals surface area contributed by atoms with Gasteiger partial charge < -0.3 is 10.2 Å². The van der Waals surface area contributed by atoms with E-state index in [1.807, 2.05) is 4.90 Å². The zero-order valence-electron chi connectivity index (χ0n) is 19.5. The minimum Gasteiger partial charge on any atom is -0.366 e. The zero-order valence-corrected chi connectivity index (χ0v) is 21.0. The Bertz CT molecular complexity index is 1130. The zero-order chi connectivity index (χ0) is 25.5. The van der Waals surface area contributed by atoms with E-state index in [0.717, 1.165) is 32.4 Å². The summed E-state index contributed by atoms with van der Waals surface area (Å²) >= 11 is 11.9. The molecule has 1 atom stereocenters. The Morgan fingerprint density at radius 1 is 1.09 bits per heavy atom. The number of nitro benzene ring substituents is 1. The number of carbonyl (C=O) groups is 2. The topological polar surface area (TPSA) is 117 Å². The molecule has 1 aliphatic heterocycles. The summed E-state index contributed by atoms with van der Waals surface area (Å²) in [6.45, 7) is 5.14. The van der Waals surface area contributed by atoms with Crippen LogP contribution in [0.15, 0.2) is 41.5 Å². The van der Waals surface area contributed by atoms with Crippen LogP contribution in [0.5, 0.6) is 0 Å². The van der Waals surface area contributed by atoms with Crippen LogP contribution in [0.2, 0.25) is 10.0 Å². The maximum absolute atomic E-state index is 12.7. The molecule has 3 rings (SSSR count). The van der Waals surface area contributed by atoms with Gasteiger partial charge in [0, 0.05) is 30.3 Å². The van der Waals surface area contributed by atoms with Crippen molar-refractivity contribution in [1.82, 2.24) is 10.7 Å². The number of carbonyl (C=O) groups excluding carboxylic acids is 2. The summed E-state index contributed by atoms with van der Waals surface area (Å²) in [7, 11) is 0. The van der Waals surface area contributed by atoms with E-state index in [1.165, 1.54) is 30.5 Å². The molecular formula is C24H27Cl2N5O4. The average molecular weight is 520 g/mol. The lowest BCUT2D eigenvalue weighted by Crippen LogP contribution is -2.48. The third-order valence-electron chi connectivity index (χ3n) is 5.70. The number of nitrogens with one attached hydrogen (secondary N) is 2. The van der Waals surface area contributed by atoms with E-state index < -0.39 is 22.8 Å². The highest BCUT2D eigenvalue weighted by atomic mass is 35.5. The van der Waals surface area contributed by atoms with Crippen molar-refractivity contribution in [2.75, 3.05) is 18.0 Å². The predicted octanol–water partition coefficient (Wildman–Crippen LogP) is 4.80. The molecule has 9 nitrogen and oxygen atoms in total. The predicted molar refractivity (Wildman–Crippen MR) is 137 cm³/mol. The first kappa shape index (κ1) is 26.4. The van der Waals surface area contributed by atoms with Gasteiger partial charge in [0.05, 0.1) is 21.2 Å². The third-order valence-corrected chi connectivity index (χ3v) is 6.44. The van der Waals surface area contributed by atoms with Gasteiger partial charge >= 0.3 is 0 Å². The van der Waals surface area contributed by atoms with Crippen LogP contribution < -0.4 is 15.6 Å². The smallest absolute Gasteiger partial charge is 0.293 e. The maximum Gasteiger partial charge on any atom is 0.293 e. The lowest BCUT2D eigenvalue weighted by molar-refractivity contribution is -0.384. The molecule has 35 heavy (non-hydrogen) atoms. The van der Waals surface area contributed by atoms with Crippen LogP contribution in [-0.2, 0) is 4.79 Å². The Morgan fingerprint density at radius 2 is 1.80 bits per heavy atom. The van der Waals surface area contributed by atoms with Gasteiger partial charge in [-0.15, -0.1) is 0 Å². The number of halogens is 2. The fourth-order valence-electron chi connectivity index (χ4n) is 3.81. The molecule has 0 saturated carbocycles. The average Bonchev–Trinajstić information content (AvgIpc) is 2.84. The highest BCUT2D eigenvalue weighted by molar-refractivity contribution is 6.42. The van der Waals surface area contributed by atoms with Crippen molar-refractivity contribution in [1.29, 1.82) is 0 Å². The van der Waals surface area contributed by atoms with E-state index in [2.05, 4.69) is 15.8 Å². The second-order valence-electron chi connectivity index (χ2n) is 8.61. The van der Waals surface area contributed by atoms with E-state index in [9.17, 15) is 19.7 Å². The molecule has 2 amide bonds. The van der Waals surface area contributed by atoms with E-state index in [0.29, 0.717) is 16.3 Å². The molecule has 1 heterocycles. The molecule has 0 spiro atoms. The molecule has 1 unspecified atom stereocenters. The van der Waals surface area contributed by atoms with E-state index in [-0.39, 0.29) is 22.2 Å². The number of benzene rings is 2. The van der Waals surface area contributed by atoms with Crippen molar-refractivity contribution in [3.63, 3.8) is 0 Å². The number of amides is 2. The van der Waals surface area contributed by atoms with Crippen molar-refractivity contribution in [3.05, 3.63) is 67.7 Å². The number of hydrogen-bond acceptors (Lipinski definition) is 6. The normalized spacial score (nSPS) is 14.7. The lowest BCUT2D eigenvalue weighted by atomic mass is 10.0. The number of hydrazone groups is 1. The first-order valence-corrected chi connectivity index (χ1v) is 12.0. The Labute approximate surface area is 213 Å². The quantitative estimate of drug-likeness (QED) is 0.295. The van der Waals surface area contributed by atoms with Gasteiger partial charge in [0.1, 0.15) is 11.7 Å².